The molecule has 0 bridgehead atoms. The van der Waals surface area contributed by atoms with Crippen LogP contribution in [0.1, 0.15) is 23.0 Å². The summed E-state index contributed by atoms with van der Waals surface area (Å²) in [7, 11) is -3.65. The fourth-order valence-corrected chi connectivity index (χ4v) is 5.82. The Hall–Kier alpha value is -3.21. The summed E-state index contributed by atoms with van der Waals surface area (Å²) in [6.07, 6.45) is 3.13. The lowest BCUT2D eigenvalue weighted by atomic mass is 10.1. The van der Waals surface area contributed by atoms with Crippen molar-refractivity contribution in [3.05, 3.63) is 60.1 Å². The van der Waals surface area contributed by atoms with E-state index in [-0.39, 0.29) is 17.3 Å². The fourth-order valence-electron chi connectivity index (χ4n) is 4.25. The van der Waals surface area contributed by atoms with Crippen molar-refractivity contribution in [2.45, 2.75) is 18.4 Å². The molecule has 33 heavy (non-hydrogen) atoms. The molecule has 0 aliphatic carbocycles. The van der Waals surface area contributed by atoms with Crippen LogP contribution in [0.2, 0.25) is 0 Å². The Morgan fingerprint density at radius 2 is 1.88 bits per heavy atom. The van der Waals surface area contributed by atoms with Gasteiger partial charge in [-0.2, -0.15) is 4.31 Å². The highest BCUT2D eigenvalue weighted by atomic mass is 32.2. The summed E-state index contributed by atoms with van der Waals surface area (Å²) in [6, 6.07) is 11.0. The van der Waals surface area contributed by atoms with Crippen LogP contribution < -0.4 is 0 Å². The third-order valence-corrected chi connectivity index (χ3v) is 7.84. The quantitative estimate of drug-likeness (QED) is 0.433. The van der Waals surface area contributed by atoms with Crippen molar-refractivity contribution in [1.29, 1.82) is 0 Å². The number of carbonyl (C=O) groups excluding carboxylic acids is 1. The molecule has 5 rings (SSSR count). The minimum atomic E-state index is -3.65. The maximum Gasteiger partial charge on any atom is 0.374 e. The second kappa shape index (κ2) is 8.62. The fraction of sp³-hybridized carbons (Fsp3) is 0.304. The van der Waals surface area contributed by atoms with Crippen molar-refractivity contribution in [1.82, 2.24) is 19.2 Å². The number of benzene rings is 1. The molecule has 0 radical (unpaired) electrons. The van der Waals surface area contributed by atoms with E-state index in [2.05, 4.69) is 14.9 Å². The standard InChI is InChI=1S/C23H24N4O5S/c1-2-31-23(28)21-18(16-6-3-4-8-19(16)32-21)15-26-10-12-27(13-11-26)33(29,30)20-14-25-22-17(20)7-5-9-24-22/h3-9,14H,2,10-13,15H2,1H3,(H,24,25). The zero-order valence-electron chi connectivity index (χ0n) is 18.2. The number of piperazine rings is 1. The number of pyridine rings is 1. The van der Waals surface area contributed by atoms with E-state index < -0.39 is 16.0 Å². The van der Waals surface area contributed by atoms with Crippen LogP contribution >= 0.6 is 0 Å². The van der Waals surface area contributed by atoms with E-state index in [4.69, 9.17) is 9.15 Å². The molecule has 4 aromatic rings. The van der Waals surface area contributed by atoms with Crippen molar-refractivity contribution in [2.24, 2.45) is 0 Å². The third kappa shape index (κ3) is 3.90. The number of hydrogen-bond acceptors (Lipinski definition) is 7. The highest BCUT2D eigenvalue weighted by Gasteiger charge is 2.32. The van der Waals surface area contributed by atoms with Crippen LogP contribution in [0.15, 0.2) is 58.1 Å². The lowest BCUT2D eigenvalue weighted by molar-refractivity contribution is 0.0488. The molecule has 172 valence electrons. The molecule has 1 aliphatic heterocycles. The number of fused-ring (bicyclic) bond motifs is 2. The highest BCUT2D eigenvalue weighted by molar-refractivity contribution is 7.89. The second-order valence-electron chi connectivity index (χ2n) is 7.86. The van der Waals surface area contributed by atoms with Crippen LogP contribution in [-0.2, 0) is 21.3 Å². The molecule has 1 aromatic carbocycles. The van der Waals surface area contributed by atoms with Crippen LogP contribution in [0.3, 0.4) is 0 Å². The van der Waals surface area contributed by atoms with Gasteiger partial charge in [0.2, 0.25) is 15.8 Å². The molecule has 3 aromatic heterocycles. The van der Waals surface area contributed by atoms with Crippen molar-refractivity contribution < 1.29 is 22.4 Å². The maximum absolute atomic E-state index is 13.3. The Balaban J connectivity index is 1.35. The van der Waals surface area contributed by atoms with Gasteiger partial charge < -0.3 is 14.1 Å². The minimum absolute atomic E-state index is 0.208. The minimum Gasteiger partial charge on any atom is -0.460 e. The number of nitrogens with zero attached hydrogens (tertiary/aromatic N) is 3. The van der Waals surface area contributed by atoms with Gasteiger partial charge in [-0.25, -0.2) is 18.2 Å². The Kier molecular flexibility index (Phi) is 5.65. The molecule has 1 saturated heterocycles. The number of rotatable bonds is 6. The van der Waals surface area contributed by atoms with Crippen LogP contribution in [0.5, 0.6) is 0 Å². The molecule has 1 N–H and O–H groups in total. The Morgan fingerprint density at radius 1 is 1.12 bits per heavy atom. The molecule has 1 aliphatic rings. The predicted molar refractivity (Wildman–Crippen MR) is 122 cm³/mol. The van der Waals surface area contributed by atoms with Gasteiger partial charge >= 0.3 is 5.97 Å². The summed E-state index contributed by atoms with van der Waals surface area (Å²) in [4.78, 5) is 22.0. The van der Waals surface area contributed by atoms with Gasteiger partial charge in [-0.15, -0.1) is 0 Å². The number of furan rings is 1. The van der Waals surface area contributed by atoms with Crippen molar-refractivity contribution in [3.8, 4) is 0 Å². The molecule has 0 spiro atoms. The van der Waals surface area contributed by atoms with Crippen molar-refractivity contribution >= 4 is 38.0 Å². The van der Waals surface area contributed by atoms with Crippen LogP contribution in [-0.4, -0.2) is 66.3 Å². The molecule has 0 saturated carbocycles. The van der Waals surface area contributed by atoms with Crippen LogP contribution in [0, 0.1) is 0 Å². The van der Waals surface area contributed by atoms with Gasteiger partial charge in [0.1, 0.15) is 16.1 Å². The number of aromatic nitrogens is 2. The second-order valence-corrected chi connectivity index (χ2v) is 9.77. The van der Waals surface area contributed by atoms with Crippen LogP contribution in [0.4, 0.5) is 0 Å². The largest absolute Gasteiger partial charge is 0.460 e. The van der Waals surface area contributed by atoms with E-state index in [0.29, 0.717) is 49.3 Å². The van der Waals surface area contributed by atoms with E-state index in [1.54, 1.807) is 25.3 Å². The molecule has 9 nitrogen and oxygen atoms in total. The van der Waals surface area contributed by atoms with E-state index in [1.807, 2.05) is 24.3 Å². The molecule has 0 atom stereocenters. The molecule has 4 heterocycles. The van der Waals surface area contributed by atoms with Gasteiger partial charge in [0, 0.05) is 61.5 Å². The zero-order valence-corrected chi connectivity index (χ0v) is 19.0. The molecule has 1 fully saturated rings. The Bertz CT molecular complexity index is 1420. The van der Waals surface area contributed by atoms with Gasteiger partial charge in [0.25, 0.3) is 0 Å². The number of ether oxygens (including phenoxy) is 1. The average molecular weight is 469 g/mol. The maximum atomic E-state index is 13.3. The first-order chi connectivity index (χ1) is 16.0. The Morgan fingerprint density at radius 3 is 2.67 bits per heavy atom. The smallest absolute Gasteiger partial charge is 0.374 e. The van der Waals surface area contributed by atoms with E-state index >= 15 is 0 Å². The van der Waals surface area contributed by atoms with Crippen LogP contribution in [0.25, 0.3) is 22.0 Å². The lowest BCUT2D eigenvalue weighted by Crippen LogP contribution is -2.48. The monoisotopic (exact) mass is 468 g/mol. The number of hydrogen-bond donors (Lipinski definition) is 1. The molecule has 0 amide bonds. The summed E-state index contributed by atoms with van der Waals surface area (Å²) in [5, 5.41) is 1.45. The summed E-state index contributed by atoms with van der Waals surface area (Å²) in [5.41, 5.74) is 1.95. The number of aromatic amines is 1. The van der Waals surface area contributed by atoms with Gasteiger partial charge in [0.15, 0.2) is 0 Å². The number of esters is 1. The van der Waals surface area contributed by atoms with Gasteiger partial charge in [-0.05, 0) is 25.1 Å². The molecule has 0 unspecified atom stereocenters. The van der Waals surface area contributed by atoms with E-state index in [1.165, 1.54) is 10.5 Å². The van der Waals surface area contributed by atoms with E-state index in [9.17, 15) is 13.2 Å². The number of carbonyl (C=O) groups is 1. The molecule has 10 heteroatoms. The molecular formula is C23H24N4O5S. The first-order valence-electron chi connectivity index (χ1n) is 10.8. The Labute approximate surface area is 191 Å². The van der Waals surface area contributed by atoms with Gasteiger partial charge in [0.05, 0.1) is 6.61 Å². The first kappa shape index (κ1) is 21.6. The summed E-state index contributed by atoms with van der Waals surface area (Å²) < 4.78 is 39.0. The zero-order chi connectivity index (χ0) is 23.0. The SMILES string of the molecule is CCOC(=O)c1oc2ccccc2c1CN1CCN(S(=O)(=O)c2c[nH]c3ncccc23)CC1. The number of H-pyrrole nitrogens is 1. The lowest BCUT2D eigenvalue weighted by Gasteiger charge is -2.33. The van der Waals surface area contributed by atoms with Crippen molar-refractivity contribution in [3.63, 3.8) is 0 Å². The third-order valence-electron chi connectivity index (χ3n) is 5.90. The first-order valence-corrected chi connectivity index (χ1v) is 12.2. The topological polar surface area (TPSA) is 109 Å². The summed E-state index contributed by atoms with van der Waals surface area (Å²) in [6.45, 7) is 4.23. The summed E-state index contributed by atoms with van der Waals surface area (Å²) >= 11 is 0. The normalized spacial score (nSPS) is 15.9. The average Bonchev–Trinajstić information content (AvgIpc) is 3.42. The van der Waals surface area contributed by atoms with Crippen molar-refractivity contribution in [2.75, 3.05) is 32.8 Å². The van der Waals surface area contributed by atoms with Gasteiger partial charge in [-0.1, -0.05) is 18.2 Å². The number of sulfonamides is 1. The number of nitrogens with one attached hydrogen (secondary N) is 1. The number of para-hydroxylation sites is 1. The van der Waals surface area contributed by atoms with E-state index in [0.717, 1.165) is 10.9 Å². The highest BCUT2D eigenvalue weighted by Crippen LogP contribution is 2.29. The predicted octanol–water partition coefficient (Wildman–Crippen LogP) is 2.99. The summed E-state index contributed by atoms with van der Waals surface area (Å²) in [5.74, 6) is -0.280. The van der Waals surface area contributed by atoms with Gasteiger partial charge in [-0.3, -0.25) is 4.90 Å². The molecular weight excluding hydrogens is 444 g/mol.